The van der Waals surface area contributed by atoms with Gasteiger partial charge in [0.25, 0.3) is 0 Å². The van der Waals surface area contributed by atoms with Gasteiger partial charge in [-0.1, -0.05) is 32.6 Å². The molecule has 1 aromatic rings. The highest BCUT2D eigenvalue weighted by atomic mass is 15.2. The predicted octanol–water partition coefficient (Wildman–Crippen LogP) is 3.33. The van der Waals surface area contributed by atoms with Crippen LogP contribution in [0.2, 0.25) is 0 Å². The van der Waals surface area contributed by atoms with Gasteiger partial charge in [0.15, 0.2) is 0 Å². The van der Waals surface area contributed by atoms with E-state index in [1.165, 1.54) is 5.56 Å². The zero-order chi connectivity index (χ0) is 9.84. The molecule has 2 heteroatoms. The Labute approximate surface area is 79.7 Å². The Kier molecular flexibility index (Phi) is 2.96. The lowest BCUT2D eigenvalue weighted by Crippen LogP contribution is -1.95. The number of aryl methyl sites for hydroxylation is 1. The summed E-state index contributed by atoms with van der Waals surface area (Å²) < 4.78 is 0. The molecule has 0 aromatic heterocycles. The predicted molar refractivity (Wildman–Crippen MR) is 58.9 cm³/mol. The van der Waals surface area contributed by atoms with E-state index in [0.717, 1.165) is 17.2 Å². The molecule has 1 heterocycles. The van der Waals surface area contributed by atoms with Crippen molar-refractivity contribution in [2.45, 2.75) is 20.8 Å². The van der Waals surface area contributed by atoms with Crippen molar-refractivity contribution < 1.29 is 0 Å². The van der Waals surface area contributed by atoms with Crippen LogP contribution in [0.25, 0.3) is 0 Å². The molecule has 0 saturated carbocycles. The van der Waals surface area contributed by atoms with Crippen LogP contribution in [-0.2, 0) is 0 Å². The lowest BCUT2D eigenvalue weighted by atomic mass is 10.2. The Balaban J connectivity index is 0.000000396. The highest BCUT2D eigenvalue weighted by Crippen LogP contribution is 2.32. The summed E-state index contributed by atoms with van der Waals surface area (Å²) >= 11 is 0. The molecule has 0 spiro atoms. The normalized spacial score (nSPS) is 12.1. The second kappa shape index (κ2) is 3.99. The molecule has 2 N–H and O–H groups in total. The molecule has 0 atom stereocenters. The lowest BCUT2D eigenvalue weighted by Gasteiger charge is -1.99. The Bertz CT molecular complexity index is 316. The van der Waals surface area contributed by atoms with Crippen LogP contribution in [0.3, 0.4) is 0 Å². The molecule has 2 nitrogen and oxygen atoms in total. The lowest BCUT2D eigenvalue weighted by molar-refractivity contribution is 1.46. The quantitative estimate of drug-likeness (QED) is 0.633. The minimum absolute atomic E-state index is 0.856. The van der Waals surface area contributed by atoms with E-state index in [1.807, 2.05) is 26.0 Å². The van der Waals surface area contributed by atoms with E-state index in [1.54, 1.807) is 0 Å². The van der Waals surface area contributed by atoms with Gasteiger partial charge in [-0.3, -0.25) is 0 Å². The van der Waals surface area contributed by atoms with Crippen molar-refractivity contribution >= 4 is 11.4 Å². The first-order valence-electron chi connectivity index (χ1n) is 4.60. The van der Waals surface area contributed by atoms with E-state index in [0.29, 0.717) is 0 Å². The summed E-state index contributed by atoms with van der Waals surface area (Å²) in [7, 11) is 0. The van der Waals surface area contributed by atoms with Crippen LogP contribution in [0.15, 0.2) is 30.6 Å². The Morgan fingerprint density at radius 1 is 1.15 bits per heavy atom. The first-order chi connectivity index (χ1) is 6.27. The molecule has 1 aliphatic heterocycles. The number of anilines is 2. The smallest absolute Gasteiger partial charge is 0.100 e. The van der Waals surface area contributed by atoms with Gasteiger partial charge < -0.3 is 10.6 Å². The summed E-state index contributed by atoms with van der Waals surface area (Å²) in [6.45, 7) is 9.86. The van der Waals surface area contributed by atoms with E-state index < -0.39 is 0 Å². The number of rotatable bonds is 0. The van der Waals surface area contributed by atoms with Gasteiger partial charge in [-0.25, -0.2) is 0 Å². The standard InChI is InChI=1S/C9H10N2.C2H6/c1-6-4-3-5-8-9(6)11-7(2)10-8;1-2/h3-5,10-11H,2H2,1H3;1-2H3. The van der Waals surface area contributed by atoms with Crippen LogP contribution in [0, 0.1) is 6.92 Å². The van der Waals surface area contributed by atoms with Crippen molar-refractivity contribution in [2.75, 3.05) is 10.6 Å². The van der Waals surface area contributed by atoms with Crippen molar-refractivity contribution in [2.24, 2.45) is 0 Å². The Morgan fingerprint density at radius 3 is 2.46 bits per heavy atom. The van der Waals surface area contributed by atoms with Crippen LogP contribution >= 0.6 is 0 Å². The second-order valence-electron chi connectivity index (χ2n) is 2.73. The fourth-order valence-corrected chi connectivity index (χ4v) is 1.28. The molecule has 1 aliphatic rings. The molecule has 0 amide bonds. The molecule has 0 fully saturated rings. The zero-order valence-electron chi connectivity index (χ0n) is 8.44. The number of hydrogen-bond acceptors (Lipinski definition) is 2. The van der Waals surface area contributed by atoms with Crippen LogP contribution in [0.4, 0.5) is 11.4 Å². The van der Waals surface area contributed by atoms with E-state index >= 15 is 0 Å². The molecule has 1 aromatic carbocycles. The average molecular weight is 176 g/mol. The van der Waals surface area contributed by atoms with E-state index in [9.17, 15) is 0 Å². The fraction of sp³-hybridized carbons (Fsp3) is 0.273. The molecule has 0 aliphatic carbocycles. The molecular formula is C11H16N2. The summed E-state index contributed by atoms with van der Waals surface area (Å²) in [4.78, 5) is 0. The van der Waals surface area contributed by atoms with Gasteiger partial charge in [0.05, 0.1) is 11.4 Å². The largest absolute Gasteiger partial charge is 0.341 e. The highest BCUT2D eigenvalue weighted by molar-refractivity contribution is 5.81. The van der Waals surface area contributed by atoms with Gasteiger partial charge in [0.2, 0.25) is 0 Å². The summed E-state index contributed by atoms with van der Waals surface area (Å²) in [5.74, 6) is 0.856. The summed E-state index contributed by atoms with van der Waals surface area (Å²) in [5.41, 5.74) is 3.51. The van der Waals surface area contributed by atoms with Gasteiger partial charge >= 0.3 is 0 Å². The number of nitrogens with one attached hydrogen (secondary N) is 2. The SMILES string of the molecule is C=C1Nc2cccc(C)c2N1.CC. The topological polar surface area (TPSA) is 24.1 Å². The second-order valence-corrected chi connectivity index (χ2v) is 2.73. The van der Waals surface area contributed by atoms with Crippen LogP contribution in [-0.4, -0.2) is 0 Å². The van der Waals surface area contributed by atoms with Crippen LogP contribution < -0.4 is 10.6 Å². The minimum Gasteiger partial charge on any atom is -0.341 e. The molecule has 13 heavy (non-hydrogen) atoms. The minimum atomic E-state index is 0.856. The van der Waals surface area contributed by atoms with E-state index in [4.69, 9.17) is 0 Å². The molecule has 70 valence electrons. The molecule has 2 rings (SSSR count). The molecule has 0 unspecified atom stereocenters. The Morgan fingerprint density at radius 2 is 1.85 bits per heavy atom. The van der Waals surface area contributed by atoms with Crippen molar-refractivity contribution in [3.05, 3.63) is 36.2 Å². The highest BCUT2D eigenvalue weighted by Gasteiger charge is 2.12. The number of hydrogen-bond donors (Lipinski definition) is 2. The zero-order valence-corrected chi connectivity index (χ0v) is 8.44. The summed E-state index contributed by atoms with van der Waals surface area (Å²) in [6.07, 6.45) is 0. The van der Waals surface area contributed by atoms with Gasteiger partial charge in [-0.15, -0.1) is 0 Å². The number of para-hydroxylation sites is 1. The fourth-order valence-electron chi connectivity index (χ4n) is 1.28. The third kappa shape index (κ3) is 1.83. The van der Waals surface area contributed by atoms with Crippen LogP contribution in [0.1, 0.15) is 19.4 Å². The summed E-state index contributed by atoms with van der Waals surface area (Å²) in [6, 6.07) is 6.14. The maximum absolute atomic E-state index is 3.79. The number of fused-ring (bicyclic) bond motifs is 1. The third-order valence-corrected chi connectivity index (χ3v) is 1.83. The molecule has 0 radical (unpaired) electrons. The average Bonchev–Trinajstić information content (AvgIpc) is 2.51. The van der Waals surface area contributed by atoms with Gasteiger partial charge in [-0.05, 0) is 18.6 Å². The van der Waals surface area contributed by atoms with Crippen molar-refractivity contribution in [3.63, 3.8) is 0 Å². The summed E-state index contributed by atoms with van der Waals surface area (Å²) in [5, 5.41) is 6.29. The number of benzene rings is 1. The molecule has 0 bridgehead atoms. The van der Waals surface area contributed by atoms with Crippen LogP contribution in [0.5, 0.6) is 0 Å². The van der Waals surface area contributed by atoms with Gasteiger partial charge in [0.1, 0.15) is 5.82 Å². The van der Waals surface area contributed by atoms with Crippen molar-refractivity contribution in [1.29, 1.82) is 0 Å². The van der Waals surface area contributed by atoms with Gasteiger partial charge in [0, 0.05) is 0 Å². The molecule has 0 saturated heterocycles. The van der Waals surface area contributed by atoms with Gasteiger partial charge in [-0.2, -0.15) is 0 Å². The van der Waals surface area contributed by atoms with E-state index in [-0.39, 0.29) is 0 Å². The monoisotopic (exact) mass is 176 g/mol. The maximum atomic E-state index is 3.79. The maximum Gasteiger partial charge on any atom is 0.100 e. The first kappa shape index (κ1) is 9.65. The van der Waals surface area contributed by atoms with Crippen molar-refractivity contribution in [1.82, 2.24) is 0 Å². The van der Waals surface area contributed by atoms with E-state index in [2.05, 4.69) is 30.2 Å². The Hall–Kier alpha value is -1.44. The first-order valence-corrected chi connectivity index (χ1v) is 4.60. The third-order valence-electron chi connectivity index (χ3n) is 1.83. The van der Waals surface area contributed by atoms with Crippen molar-refractivity contribution in [3.8, 4) is 0 Å². The molecular weight excluding hydrogens is 160 g/mol.